The highest BCUT2D eigenvalue weighted by molar-refractivity contribution is 6.36. The van der Waals surface area contributed by atoms with Gasteiger partial charge in [0.25, 0.3) is 5.91 Å². The van der Waals surface area contributed by atoms with Crippen LogP contribution in [0.25, 0.3) is 0 Å². The first-order valence-corrected chi connectivity index (χ1v) is 6.35. The maximum atomic E-state index is 11.8. The summed E-state index contributed by atoms with van der Waals surface area (Å²) in [5, 5.41) is 0.582. The van der Waals surface area contributed by atoms with E-state index in [0.717, 1.165) is 0 Å². The van der Waals surface area contributed by atoms with E-state index in [1.165, 1.54) is 18.2 Å². The smallest absolute Gasteiger partial charge is 0.335 e. The van der Waals surface area contributed by atoms with E-state index in [2.05, 4.69) is 0 Å². The summed E-state index contributed by atoms with van der Waals surface area (Å²) in [6.07, 6.45) is 0. The molecule has 0 bridgehead atoms. The molecule has 0 fully saturated rings. The minimum absolute atomic E-state index is 0.164. The Morgan fingerprint density at radius 2 is 1.70 bits per heavy atom. The van der Waals surface area contributed by atoms with E-state index in [1.54, 1.807) is 30.3 Å². The Hall–Kier alpha value is -2.04. The molecule has 0 radical (unpaired) electrons. The lowest BCUT2D eigenvalue weighted by Crippen LogP contribution is -2.27. The molecule has 0 saturated heterocycles. The van der Waals surface area contributed by atoms with Gasteiger partial charge in [-0.1, -0.05) is 41.4 Å². The monoisotopic (exact) mass is 309 g/mol. The van der Waals surface area contributed by atoms with Gasteiger partial charge >= 0.3 is 5.97 Å². The lowest BCUT2D eigenvalue weighted by molar-refractivity contribution is 0.0230. The third kappa shape index (κ3) is 3.50. The third-order valence-corrected chi connectivity index (χ3v) is 2.97. The molecule has 0 atom stereocenters. The Balaban J connectivity index is 2.00. The first-order chi connectivity index (χ1) is 9.58. The number of benzene rings is 2. The molecule has 0 aliphatic heterocycles. The van der Waals surface area contributed by atoms with Crippen molar-refractivity contribution in [3.8, 4) is 0 Å². The molecule has 0 unspecified atom stereocenters. The number of hydroxylamine groups is 1. The molecule has 6 heteroatoms. The molecule has 2 aromatic carbocycles. The fourth-order valence-corrected chi connectivity index (χ4v) is 1.95. The minimum Gasteiger partial charge on any atom is -0.335 e. The maximum absolute atomic E-state index is 11.8. The minimum atomic E-state index is -0.663. The third-order valence-electron chi connectivity index (χ3n) is 2.42. The molecule has 102 valence electrons. The van der Waals surface area contributed by atoms with Gasteiger partial charge < -0.3 is 4.84 Å². The van der Waals surface area contributed by atoms with Gasteiger partial charge in [0, 0.05) is 5.02 Å². The topological polar surface area (TPSA) is 55.4 Å². The zero-order valence-corrected chi connectivity index (χ0v) is 11.6. The highest BCUT2D eigenvalue weighted by atomic mass is 35.5. The summed E-state index contributed by atoms with van der Waals surface area (Å²) in [5.41, 5.74) is 2.53. The van der Waals surface area contributed by atoms with Gasteiger partial charge in [-0.15, -0.1) is 0 Å². The number of halogens is 2. The van der Waals surface area contributed by atoms with Gasteiger partial charge in [-0.05, 0) is 30.3 Å². The molecular formula is C14H9Cl2NO3. The molecule has 20 heavy (non-hydrogen) atoms. The summed E-state index contributed by atoms with van der Waals surface area (Å²) in [6, 6.07) is 12.7. The molecule has 0 spiro atoms. The lowest BCUT2D eigenvalue weighted by atomic mass is 10.2. The van der Waals surface area contributed by atoms with Gasteiger partial charge in [0.15, 0.2) is 0 Å². The van der Waals surface area contributed by atoms with Crippen LogP contribution in [-0.2, 0) is 4.84 Å². The van der Waals surface area contributed by atoms with Crippen LogP contribution in [-0.4, -0.2) is 11.9 Å². The van der Waals surface area contributed by atoms with Crippen molar-refractivity contribution in [1.29, 1.82) is 0 Å². The summed E-state index contributed by atoms with van der Waals surface area (Å²) >= 11 is 11.6. The molecule has 0 aliphatic carbocycles. The summed E-state index contributed by atoms with van der Waals surface area (Å²) < 4.78 is 0. The predicted molar refractivity (Wildman–Crippen MR) is 75.8 cm³/mol. The van der Waals surface area contributed by atoms with E-state index in [4.69, 9.17) is 28.0 Å². The van der Waals surface area contributed by atoms with Crippen molar-refractivity contribution in [2.24, 2.45) is 0 Å². The normalized spacial score (nSPS) is 9.90. The first kappa shape index (κ1) is 14.4. The average Bonchev–Trinajstić information content (AvgIpc) is 2.45. The Labute approximate surface area is 125 Å². The summed E-state index contributed by atoms with van der Waals surface area (Å²) in [7, 11) is 0. The molecular weight excluding hydrogens is 301 g/mol. The Morgan fingerprint density at radius 3 is 2.35 bits per heavy atom. The van der Waals surface area contributed by atoms with E-state index >= 15 is 0 Å². The number of carbonyl (C=O) groups excluding carboxylic acids is 2. The quantitative estimate of drug-likeness (QED) is 0.864. The molecule has 0 saturated carbocycles. The summed E-state index contributed by atoms with van der Waals surface area (Å²) in [6.45, 7) is 0. The number of hydrogen-bond donors (Lipinski definition) is 1. The van der Waals surface area contributed by atoms with Crippen molar-refractivity contribution < 1.29 is 14.4 Å². The number of carbonyl (C=O) groups is 2. The van der Waals surface area contributed by atoms with Crippen LogP contribution in [0.5, 0.6) is 0 Å². The zero-order valence-electron chi connectivity index (χ0n) is 10.1. The van der Waals surface area contributed by atoms with Crippen LogP contribution < -0.4 is 5.48 Å². The fraction of sp³-hybridized carbons (Fsp3) is 0. The molecule has 1 amide bonds. The second kappa shape index (κ2) is 6.41. The zero-order chi connectivity index (χ0) is 14.5. The van der Waals surface area contributed by atoms with Gasteiger partial charge in [0.05, 0.1) is 16.1 Å². The molecule has 2 aromatic rings. The Morgan fingerprint density at radius 1 is 1.00 bits per heavy atom. The van der Waals surface area contributed by atoms with Gasteiger partial charge in [-0.3, -0.25) is 4.79 Å². The second-order valence-corrected chi connectivity index (χ2v) is 4.65. The summed E-state index contributed by atoms with van der Waals surface area (Å²) in [5.74, 6) is -1.29. The molecule has 0 aromatic heterocycles. The molecule has 0 aliphatic rings. The summed E-state index contributed by atoms with van der Waals surface area (Å²) in [4.78, 5) is 28.1. The number of amides is 1. The fourth-order valence-electron chi connectivity index (χ4n) is 1.45. The Kier molecular flexibility index (Phi) is 4.61. The standard InChI is InChI=1S/C14H9Cl2NO3/c15-10-6-7-11(12(16)8-10)13(18)17-20-14(19)9-4-2-1-3-5-9/h1-8H,(H,17,18). The second-order valence-electron chi connectivity index (χ2n) is 3.81. The lowest BCUT2D eigenvalue weighted by Gasteiger charge is -2.07. The highest BCUT2D eigenvalue weighted by Crippen LogP contribution is 2.20. The first-order valence-electron chi connectivity index (χ1n) is 5.59. The van der Waals surface area contributed by atoms with Crippen molar-refractivity contribution in [3.05, 3.63) is 69.7 Å². The van der Waals surface area contributed by atoms with Gasteiger partial charge in [0.2, 0.25) is 0 Å². The highest BCUT2D eigenvalue weighted by Gasteiger charge is 2.13. The number of hydrogen-bond acceptors (Lipinski definition) is 3. The van der Waals surface area contributed by atoms with E-state index in [-0.39, 0.29) is 10.6 Å². The van der Waals surface area contributed by atoms with Crippen LogP contribution >= 0.6 is 23.2 Å². The average molecular weight is 310 g/mol. The van der Waals surface area contributed by atoms with Crippen molar-refractivity contribution in [3.63, 3.8) is 0 Å². The molecule has 4 nitrogen and oxygen atoms in total. The van der Waals surface area contributed by atoms with Crippen molar-refractivity contribution in [2.75, 3.05) is 0 Å². The van der Waals surface area contributed by atoms with Gasteiger partial charge in [0.1, 0.15) is 0 Å². The van der Waals surface area contributed by atoms with Crippen molar-refractivity contribution in [1.82, 2.24) is 5.48 Å². The molecule has 2 rings (SSSR count). The van der Waals surface area contributed by atoms with Gasteiger partial charge in [-0.2, -0.15) is 5.48 Å². The van der Waals surface area contributed by atoms with Crippen LogP contribution in [0, 0.1) is 0 Å². The van der Waals surface area contributed by atoms with Crippen LogP contribution in [0.3, 0.4) is 0 Å². The molecule has 1 N–H and O–H groups in total. The van der Waals surface area contributed by atoms with E-state index in [9.17, 15) is 9.59 Å². The SMILES string of the molecule is O=C(ONC(=O)c1ccc(Cl)cc1Cl)c1ccccc1. The van der Waals surface area contributed by atoms with E-state index in [0.29, 0.717) is 10.6 Å². The van der Waals surface area contributed by atoms with Crippen LogP contribution in [0.15, 0.2) is 48.5 Å². The molecule has 0 heterocycles. The van der Waals surface area contributed by atoms with Crippen molar-refractivity contribution in [2.45, 2.75) is 0 Å². The number of nitrogens with one attached hydrogen (secondary N) is 1. The van der Waals surface area contributed by atoms with Gasteiger partial charge in [-0.25, -0.2) is 4.79 Å². The van der Waals surface area contributed by atoms with Crippen LogP contribution in [0.4, 0.5) is 0 Å². The predicted octanol–water partition coefficient (Wildman–Crippen LogP) is 3.50. The largest absolute Gasteiger partial charge is 0.362 e. The van der Waals surface area contributed by atoms with E-state index in [1.807, 2.05) is 5.48 Å². The van der Waals surface area contributed by atoms with E-state index < -0.39 is 11.9 Å². The number of rotatable bonds is 2. The van der Waals surface area contributed by atoms with Crippen LogP contribution in [0.1, 0.15) is 20.7 Å². The van der Waals surface area contributed by atoms with Crippen LogP contribution in [0.2, 0.25) is 10.0 Å². The Bertz CT molecular complexity index is 644. The van der Waals surface area contributed by atoms with Crippen molar-refractivity contribution >= 4 is 35.1 Å². The maximum Gasteiger partial charge on any atom is 0.362 e.